The standard InChI is InChI=1S/C21H12ClFO5S/c22-14-3-1-13(2-4-14)11-20-21(24)18-10-7-16(12-19(18)27-20)28-29(25,26)17-8-5-15(23)6-9-17/h1-12H/b20-11-. The molecule has 0 unspecified atom stereocenters. The summed E-state index contributed by atoms with van der Waals surface area (Å²) >= 11 is 5.85. The Morgan fingerprint density at radius 1 is 0.966 bits per heavy atom. The van der Waals surface area contributed by atoms with Gasteiger partial charge < -0.3 is 8.92 Å². The maximum Gasteiger partial charge on any atom is 0.339 e. The second kappa shape index (κ2) is 7.35. The van der Waals surface area contributed by atoms with Crippen molar-refractivity contribution in [3.63, 3.8) is 0 Å². The van der Waals surface area contributed by atoms with E-state index in [-0.39, 0.29) is 33.5 Å². The number of allylic oxidation sites excluding steroid dienone is 1. The molecular formula is C21H12ClFO5S. The number of ketones is 1. The van der Waals surface area contributed by atoms with Crippen LogP contribution in [-0.4, -0.2) is 14.2 Å². The molecule has 5 nitrogen and oxygen atoms in total. The highest BCUT2D eigenvalue weighted by Gasteiger charge is 2.28. The minimum absolute atomic E-state index is 0.0337. The van der Waals surface area contributed by atoms with E-state index < -0.39 is 15.9 Å². The maximum absolute atomic E-state index is 13.0. The van der Waals surface area contributed by atoms with Gasteiger partial charge in [-0.1, -0.05) is 23.7 Å². The molecule has 0 spiro atoms. The van der Waals surface area contributed by atoms with Gasteiger partial charge in [-0.2, -0.15) is 8.42 Å². The van der Waals surface area contributed by atoms with Crippen molar-refractivity contribution in [2.24, 2.45) is 0 Å². The Morgan fingerprint density at radius 2 is 1.66 bits per heavy atom. The largest absolute Gasteiger partial charge is 0.452 e. The Hall–Kier alpha value is -3.16. The molecule has 1 aliphatic heterocycles. The zero-order valence-electron chi connectivity index (χ0n) is 14.6. The highest BCUT2D eigenvalue weighted by atomic mass is 35.5. The summed E-state index contributed by atoms with van der Waals surface area (Å²) in [5.74, 6) is -0.646. The number of rotatable bonds is 4. The molecular weight excluding hydrogens is 419 g/mol. The van der Waals surface area contributed by atoms with Crippen LogP contribution in [0.2, 0.25) is 5.02 Å². The van der Waals surface area contributed by atoms with Crippen LogP contribution in [0.3, 0.4) is 0 Å². The van der Waals surface area contributed by atoms with E-state index in [4.69, 9.17) is 20.5 Å². The lowest BCUT2D eigenvalue weighted by Gasteiger charge is -2.07. The van der Waals surface area contributed by atoms with Crippen LogP contribution in [0.4, 0.5) is 4.39 Å². The summed E-state index contributed by atoms with van der Waals surface area (Å²) in [5, 5.41) is 0.568. The number of carbonyl (C=O) groups excluding carboxylic acids is 1. The molecule has 0 aromatic heterocycles. The molecule has 0 aliphatic carbocycles. The molecule has 3 aromatic carbocycles. The number of halogens is 2. The molecule has 3 aromatic rings. The van der Waals surface area contributed by atoms with Gasteiger partial charge in [-0.25, -0.2) is 4.39 Å². The average Bonchev–Trinajstić information content (AvgIpc) is 2.98. The van der Waals surface area contributed by atoms with Gasteiger partial charge in [-0.15, -0.1) is 0 Å². The quantitative estimate of drug-likeness (QED) is 0.436. The fraction of sp³-hybridized carbons (Fsp3) is 0. The van der Waals surface area contributed by atoms with E-state index in [0.717, 1.165) is 29.8 Å². The monoisotopic (exact) mass is 430 g/mol. The van der Waals surface area contributed by atoms with Gasteiger partial charge in [-0.3, -0.25) is 4.79 Å². The summed E-state index contributed by atoms with van der Waals surface area (Å²) in [6.45, 7) is 0. The van der Waals surface area contributed by atoms with Crippen LogP contribution in [0.25, 0.3) is 6.08 Å². The molecule has 29 heavy (non-hydrogen) atoms. The topological polar surface area (TPSA) is 69.7 Å². The van der Waals surface area contributed by atoms with Crippen molar-refractivity contribution in [2.45, 2.75) is 4.90 Å². The fourth-order valence-corrected chi connectivity index (χ4v) is 3.75. The molecule has 0 bridgehead atoms. The third kappa shape index (κ3) is 4.01. The molecule has 1 aliphatic rings. The lowest BCUT2D eigenvalue weighted by Crippen LogP contribution is -2.09. The summed E-state index contributed by atoms with van der Waals surface area (Å²) < 4.78 is 48.3. The zero-order chi connectivity index (χ0) is 20.6. The molecule has 1 heterocycles. The van der Waals surface area contributed by atoms with Crippen molar-refractivity contribution in [1.82, 2.24) is 0 Å². The molecule has 0 amide bonds. The third-order valence-electron chi connectivity index (χ3n) is 4.12. The fourth-order valence-electron chi connectivity index (χ4n) is 2.71. The van der Waals surface area contributed by atoms with E-state index in [2.05, 4.69) is 0 Å². The smallest absolute Gasteiger partial charge is 0.339 e. The Morgan fingerprint density at radius 3 is 2.34 bits per heavy atom. The first-order chi connectivity index (χ1) is 13.8. The van der Waals surface area contributed by atoms with Gasteiger partial charge in [0.25, 0.3) is 0 Å². The predicted molar refractivity (Wildman–Crippen MR) is 105 cm³/mol. The van der Waals surface area contributed by atoms with Crippen LogP contribution in [0.1, 0.15) is 15.9 Å². The first-order valence-electron chi connectivity index (χ1n) is 8.36. The summed E-state index contributed by atoms with van der Waals surface area (Å²) in [6, 6.07) is 15.2. The number of ether oxygens (including phenoxy) is 1. The van der Waals surface area contributed by atoms with Crippen molar-refractivity contribution < 1.29 is 26.5 Å². The van der Waals surface area contributed by atoms with Gasteiger partial charge >= 0.3 is 10.1 Å². The number of hydrogen-bond donors (Lipinski definition) is 0. The van der Waals surface area contributed by atoms with Gasteiger partial charge in [0.05, 0.1) is 5.56 Å². The Labute approximate surface area is 171 Å². The number of carbonyl (C=O) groups is 1. The Bertz CT molecular complexity index is 1230. The summed E-state index contributed by atoms with van der Waals surface area (Å²) in [6.07, 6.45) is 1.56. The molecule has 4 rings (SSSR count). The van der Waals surface area contributed by atoms with Crippen molar-refractivity contribution in [1.29, 1.82) is 0 Å². The highest BCUT2D eigenvalue weighted by Crippen LogP contribution is 2.35. The SMILES string of the molecule is O=C1/C(=C/c2ccc(Cl)cc2)Oc2cc(OS(=O)(=O)c3ccc(F)cc3)ccc21. The summed E-state index contributed by atoms with van der Waals surface area (Å²) in [5.41, 5.74) is 1.01. The van der Waals surface area contributed by atoms with Crippen molar-refractivity contribution in [3.05, 3.63) is 94.5 Å². The van der Waals surface area contributed by atoms with Gasteiger partial charge in [-0.05, 0) is 60.2 Å². The number of benzene rings is 3. The normalized spacial score (nSPS) is 14.6. The average molecular weight is 431 g/mol. The zero-order valence-corrected chi connectivity index (χ0v) is 16.2. The van der Waals surface area contributed by atoms with Gasteiger partial charge in [0.2, 0.25) is 5.78 Å². The van der Waals surface area contributed by atoms with E-state index >= 15 is 0 Å². The summed E-state index contributed by atoms with van der Waals surface area (Å²) in [4.78, 5) is 12.3. The maximum atomic E-state index is 13.0. The molecule has 0 atom stereocenters. The Balaban J connectivity index is 1.59. The second-order valence-corrected chi connectivity index (χ2v) is 8.12. The van der Waals surface area contributed by atoms with Crippen LogP contribution in [0, 0.1) is 5.82 Å². The van der Waals surface area contributed by atoms with Crippen molar-refractivity contribution in [2.75, 3.05) is 0 Å². The van der Waals surface area contributed by atoms with Crippen LogP contribution < -0.4 is 8.92 Å². The van der Waals surface area contributed by atoms with Crippen LogP contribution in [0.5, 0.6) is 11.5 Å². The predicted octanol–water partition coefficient (Wildman–Crippen LogP) is 4.86. The van der Waals surface area contributed by atoms with Crippen molar-refractivity contribution in [3.8, 4) is 11.5 Å². The summed E-state index contributed by atoms with van der Waals surface area (Å²) in [7, 11) is -4.16. The second-order valence-electron chi connectivity index (χ2n) is 6.14. The molecule has 0 saturated carbocycles. The lowest BCUT2D eigenvalue weighted by molar-refractivity contribution is 0.101. The number of Topliss-reactive ketones (excluding diaryl/α,β-unsaturated/α-hetero) is 1. The first kappa shape index (κ1) is 19.2. The van der Waals surface area contributed by atoms with E-state index in [9.17, 15) is 17.6 Å². The minimum atomic E-state index is -4.16. The number of fused-ring (bicyclic) bond motifs is 1. The van der Waals surface area contributed by atoms with E-state index in [1.807, 2.05) is 0 Å². The molecule has 0 saturated heterocycles. The lowest BCUT2D eigenvalue weighted by atomic mass is 10.1. The molecule has 0 N–H and O–H groups in total. The minimum Gasteiger partial charge on any atom is -0.452 e. The molecule has 0 fully saturated rings. The molecule has 0 radical (unpaired) electrons. The van der Waals surface area contributed by atoms with Gasteiger partial charge in [0.15, 0.2) is 5.76 Å². The van der Waals surface area contributed by atoms with Crippen LogP contribution >= 0.6 is 11.6 Å². The molecule has 146 valence electrons. The van der Waals surface area contributed by atoms with Crippen LogP contribution in [0.15, 0.2) is 77.4 Å². The Kier molecular flexibility index (Phi) is 4.86. The third-order valence-corrected chi connectivity index (χ3v) is 5.63. The number of hydrogen-bond acceptors (Lipinski definition) is 5. The van der Waals surface area contributed by atoms with Crippen LogP contribution in [-0.2, 0) is 10.1 Å². The van der Waals surface area contributed by atoms with E-state index in [1.165, 1.54) is 18.2 Å². The molecule has 8 heteroatoms. The van der Waals surface area contributed by atoms with Crippen molar-refractivity contribution >= 4 is 33.6 Å². The van der Waals surface area contributed by atoms with E-state index in [1.54, 1.807) is 30.3 Å². The first-order valence-corrected chi connectivity index (χ1v) is 10.1. The van der Waals surface area contributed by atoms with Gasteiger partial charge in [0, 0.05) is 11.1 Å². The van der Waals surface area contributed by atoms with Gasteiger partial charge in [0.1, 0.15) is 22.2 Å². The van der Waals surface area contributed by atoms with E-state index in [0.29, 0.717) is 5.02 Å². The highest BCUT2D eigenvalue weighted by molar-refractivity contribution is 7.87.